The average molecular weight is 291 g/mol. The molecule has 1 spiro atoms. The number of nitrogens with zero attached hydrogens (tertiary/aromatic N) is 3. The van der Waals surface area contributed by atoms with Crippen molar-refractivity contribution in [1.82, 2.24) is 14.8 Å². The summed E-state index contributed by atoms with van der Waals surface area (Å²) in [5.41, 5.74) is 0.195. The number of carbonyl (C=O) groups is 1. The Morgan fingerprint density at radius 1 is 1.33 bits per heavy atom. The van der Waals surface area contributed by atoms with Crippen LogP contribution >= 0.6 is 0 Å². The first-order chi connectivity index (χ1) is 10.2. The highest BCUT2D eigenvalue weighted by Gasteiger charge is 2.40. The highest BCUT2D eigenvalue weighted by atomic mass is 16.5. The Bertz CT molecular complexity index is 496. The molecule has 3 rings (SSSR count). The van der Waals surface area contributed by atoms with Crippen LogP contribution in [0.15, 0.2) is 24.5 Å². The summed E-state index contributed by atoms with van der Waals surface area (Å²) in [7, 11) is 2.07. The maximum Gasteiger partial charge on any atom is 0.255 e. The molecule has 6 heteroatoms. The molecule has 1 atom stereocenters. The van der Waals surface area contributed by atoms with E-state index in [2.05, 4.69) is 16.9 Å². The van der Waals surface area contributed by atoms with Crippen molar-refractivity contribution < 1.29 is 14.3 Å². The van der Waals surface area contributed by atoms with Crippen LogP contribution in [0.1, 0.15) is 10.4 Å². The van der Waals surface area contributed by atoms with Gasteiger partial charge < -0.3 is 19.3 Å². The molecule has 3 heterocycles. The summed E-state index contributed by atoms with van der Waals surface area (Å²) in [6.45, 7) is 4.60. The zero-order valence-electron chi connectivity index (χ0n) is 12.3. The first kappa shape index (κ1) is 14.4. The van der Waals surface area contributed by atoms with Gasteiger partial charge in [0, 0.05) is 32.0 Å². The SMILES string of the molecule is CN1CCO[C@]2(COCCN(C(=O)c3cccnc3)C2)C1. The molecule has 2 fully saturated rings. The van der Waals surface area contributed by atoms with Crippen molar-refractivity contribution in [3.05, 3.63) is 30.1 Å². The number of morpholine rings is 1. The van der Waals surface area contributed by atoms with E-state index >= 15 is 0 Å². The van der Waals surface area contributed by atoms with Gasteiger partial charge >= 0.3 is 0 Å². The summed E-state index contributed by atoms with van der Waals surface area (Å²) in [6, 6.07) is 3.57. The second-order valence-corrected chi connectivity index (χ2v) is 5.79. The highest BCUT2D eigenvalue weighted by Crippen LogP contribution is 2.22. The van der Waals surface area contributed by atoms with E-state index in [0.29, 0.717) is 38.5 Å². The molecule has 0 aliphatic carbocycles. The molecule has 2 saturated heterocycles. The molecule has 0 radical (unpaired) electrons. The van der Waals surface area contributed by atoms with Crippen LogP contribution in [-0.2, 0) is 9.47 Å². The van der Waals surface area contributed by atoms with Crippen molar-refractivity contribution >= 4 is 5.91 Å². The zero-order chi connectivity index (χ0) is 14.7. The standard InChI is InChI=1S/C15H21N3O3/c1-17-5-8-21-15(10-17)11-18(6-7-20-12-15)14(19)13-3-2-4-16-9-13/h2-4,9H,5-8,10-12H2,1H3/t15-/m1/s1. The predicted molar refractivity (Wildman–Crippen MR) is 77.1 cm³/mol. The Balaban J connectivity index is 1.77. The van der Waals surface area contributed by atoms with Crippen molar-refractivity contribution in [1.29, 1.82) is 0 Å². The molecule has 0 bridgehead atoms. The summed E-state index contributed by atoms with van der Waals surface area (Å²) in [6.07, 6.45) is 3.28. The number of aromatic nitrogens is 1. The van der Waals surface area contributed by atoms with E-state index in [1.54, 1.807) is 24.5 Å². The maximum atomic E-state index is 12.6. The Kier molecular flexibility index (Phi) is 4.19. The summed E-state index contributed by atoms with van der Waals surface area (Å²) in [4.78, 5) is 20.7. The number of hydrogen-bond donors (Lipinski definition) is 0. The van der Waals surface area contributed by atoms with Gasteiger partial charge in [0.1, 0.15) is 5.60 Å². The molecule has 21 heavy (non-hydrogen) atoms. The van der Waals surface area contributed by atoms with Crippen LogP contribution in [0.2, 0.25) is 0 Å². The molecule has 0 aromatic carbocycles. The first-order valence-electron chi connectivity index (χ1n) is 7.28. The zero-order valence-corrected chi connectivity index (χ0v) is 12.3. The Labute approximate surface area is 124 Å². The fourth-order valence-corrected chi connectivity index (χ4v) is 2.97. The normalized spacial score (nSPS) is 27.6. The average Bonchev–Trinajstić information content (AvgIpc) is 2.70. The molecular formula is C15H21N3O3. The molecule has 0 saturated carbocycles. The second kappa shape index (κ2) is 6.09. The minimum absolute atomic E-state index is 0.00944. The van der Waals surface area contributed by atoms with Crippen molar-refractivity contribution in [2.24, 2.45) is 0 Å². The molecule has 0 unspecified atom stereocenters. The molecular weight excluding hydrogens is 270 g/mol. The number of amides is 1. The van der Waals surface area contributed by atoms with Crippen LogP contribution in [0.25, 0.3) is 0 Å². The van der Waals surface area contributed by atoms with Crippen LogP contribution < -0.4 is 0 Å². The maximum absolute atomic E-state index is 12.6. The third-order valence-corrected chi connectivity index (χ3v) is 3.98. The molecule has 2 aliphatic heterocycles. The number of rotatable bonds is 1. The van der Waals surface area contributed by atoms with Gasteiger partial charge in [-0.15, -0.1) is 0 Å². The lowest BCUT2D eigenvalue weighted by atomic mass is 10.0. The van der Waals surface area contributed by atoms with E-state index in [9.17, 15) is 4.79 Å². The van der Waals surface area contributed by atoms with Crippen molar-refractivity contribution in [3.8, 4) is 0 Å². The van der Waals surface area contributed by atoms with Gasteiger partial charge in [0.25, 0.3) is 5.91 Å². The van der Waals surface area contributed by atoms with Gasteiger partial charge in [-0.2, -0.15) is 0 Å². The fraction of sp³-hybridized carbons (Fsp3) is 0.600. The van der Waals surface area contributed by atoms with Gasteiger partial charge in [0.15, 0.2) is 0 Å². The Morgan fingerprint density at radius 3 is 3.00 bits per heavy atom. The molecule has 2 aliphatic rings. The quantitative estimate of drug-likeness (QED) is 0.742. The highest BCUT2D eigenvalue weighted by molar-refractivity contribution is 5.93. The van der Waals surface area contributed by atoms with E-state index in [1.165, 1.54) is 0 Å². The van der Waals surface area contributed by atoms with Gasteiger partial charge in [-0.1, -0.05) is 0 Å². The van der Waals surface area contributed by atoms with Gasteiger partial charge in [-0.25, -0.2) is 0 Å². The molecule has 114 valence electrons. The van der Waals surface area contributed by atoms with Gasteiger partial charge in [-0.05, 0) is 19.2 Å². The van der Waals surface area contributed by atoms with Crippen LogP contribution in [-0.4, -0.2) is 79.3 Å². The summed E-state index contributed by atoms with van der Waals surface area (Å²) >= 11 is 0. The lowest BCUT2D eigenvalue weighted by Crippen LogP contribution is -2.58. The van der Waals surface area contributed by atoms with Crippen LogP contribution in [0, 0.1) is 0 Å². The Morgan fingerprint density at radius 2 is 2.24 bits per heavy atom. The van der Waals surface area contributed by atoms with E-state index in [0.717, 1.165) is 13.1 Å². The molecule has 1 aromatic rings. The lowest BCUT2D eigenvalue weighted by Gasteiger charge is -2.42. The van der Waals surface area contributed by atoms with Crippen molar-refractivity contribution in [3.63, 3.8) is 0 Å². The number of ether oxygens (including phenoxy) is 2. The third-order valence-electron chi connectivity index (χ3n) is 3.98. The smallest absolute Gasteiger partial charge is 0.255 e. The minimum atomic E-state index is -0.415. The van der Waals surface area contributed by atoms with Crippen molar-refractivity contribution in [2.75, 3.05) is 53.0 Å². The van der Waals surface area contributed by atoms with Gasteiger partial charge in [0.2, 0.25) is 0 Å². The topological polar surface area (TPSA) is 54.9 Å². The summed E-state index contributed by atoms with van der Waals surface area (Å²) in [5, 5.41) is 0. The largest absolute Gasteiger partial charge is 0.376 e. The fourth-order valence-electron chi connectivity index (χ4n) is 2.97. The van der Waals surface area contributed by atoms with E-state index < -0.39 is 5.60 Å². The third kappa shape index (κ3) is 3.23. The second-order valence-electron chi connectivity index (χ2n) is 5.79. The molecule has 6 nitrogen and oxygen atoms in total. The molecule has 1 amide bonds. The molecule has 1 aromatic heterocycles. The first-order valence-corrected chi connectivity index (χ1v) is 7.28. The van der Waals surface area contributed by atoms with E-state index in [1.807, 2.05) is 4.90 Å². The van der Waals surface area contributed by atoms with Crippen LogP contribution in [0.3, 0.4) is 0 Å². The van der Waals surface area contributed by atoms with Crippen LogP contribution in [0.4, 0.5) is 0 Å². The number of hydrogen-bond acceptors (Lipinski definition) is 5. The van der Waals surface area contributed by atoms with Gasteiger partial charge in [-0.3, -0.25) is 9.78 Å². The number of likely N-dealkylation sites (N-methyl/N-ethyl adjacent to an activating group) is 1. The summed E-state index contributed by atoms with van der Waals surface area (Å²) < 4.78 is 11.7. The lowest BCUT2D eigenvalue weighted by molar-refractivity contribution is -0.134. The number of carbonyl (C=O) groups excluding carboxylic acids is 1. The van der Waals surface area contributed by atoms with Crippen molar-refractivity contribution in [2.45, 2.75) is 5.60 Å². The van der Waals surface area contributed by atoms with E-state index in [-0.39, 0.29) is 5.91 Å². The Hall–Kier alpha value is -1.50. The minimum Gasteiger partial charge on any atom is -0.376 e. The van der Waals surface area contributed by atoms with Gasteiger partial charge in [0.05, 0.1) is 31.9 Å². The monoisotopic (exact) mass is 291 g/mol. The number of pyridine rings is 1. The predicted octanol–water partition coefficient (Wildman–Crippen LogP) is 0.255. The summed E-state index contributed by atoms with van der Waals surface area (Å²) in [5.74, 6) is -0.00944. The van der Waals surface area contributed by atoms with E-state index in [4.69, 9.17) is 9.47 Å². The molecule has 0 N–H and O–H groups in total. The van der Waals surface area contributed by atoms with Crippen LogP contribution in [0.5, 0.6) is 0 Å².